The van der Waals surface area contributed by atoms with Crippen molar-refractivity contribution in [1.82, 2.24) is 19.2 Å². The summed E-state index contributed by atoms with van der Waals surface area (Å²) in [6.45, 7) is 5.21. The summed E-state index contributed by atoms with van der Waals surface area (Å²) in [6, 6.07) is 10.3. The van der Waals surface area contributed by atoms with E-state index in [0.717, 1.165) is 13.1 Å². The van der Waals surface area contributed by atoms with Crippen LogP contribution in [0, 0.1) is 12.7 Å². The van der Waals surface area contributed by atoms with E-state index < -0.39 is 23.5 Å². The molecule has 2 fully saturated rings. The number of aryl methyl sites for hydroxylation is 1. The number of nitrogens with zero attached hydrogens (tertiary/aromatic N) is 4. The minimum Gasteiger partial charge on any atom is -0.505 e. The highest BCUT2D eigenvalue weighted by Gasteiger charge is 2.46. The zero-order chi connectivity index (χ0) is 23.8. The van der Waals surface area contributed by atoms with Crippen LogP contribution in [0.25, 0.3) is 11.4 Å². The number of imidazole rings is 1. The van der Waals surface area contributed by atoms with Crippen molar-refractivity contribution in [2.75, 3.05) is 39.4 Å². The van der Waals surface area contributed by atoms with Gasteiger partial charge in [-0.2, -0.15) is 0 Å². The lowest BCUT2D eigenvalue weighted by molar-refractivity contribution is -0.140. The second-order valence-electron chi connectivity index (χ2n) is 8.48. The smallest absolute Gasteiger partial charge is 0.295 e. The molecule has 4 heterocycles. The largest absolute Gasteiger partial charge is 0.505 e. The van der Waals surface area contributed by atoms with Gasteiger partial charge in [-0.25, -0.2) is 9.37 Å². The standard InChI is InChI=1S/C25H25FN4O4/c1-16-21(29-8-3-2-7-19(29)27-16)23(31)20-22(17-5-4-6-18(26)15-17)30(25(33)24(20)32)10-9-28-11-13-34-14-12-28/h2-8,15,22,31H,9-14H2,1H3/t22-/m0/s1. The number of likely N-dealkylation sites (tertiary alicyclic amines) is 1. The fraction of sp³-hybridized carbons (Fsp3) is 0.320. The molecule has 2 aromatic heterocycles. The zero-order valence-electron chi connectivity index (χ0n) is 18.8. The maximum Gasteiger partial charge on any atom is 0.295 e. The number of carbonyl (C=O) groups is 2. The number of rotatable bonds is 5. The molecule has 0 radical (unpaired) electrons. The molecule has 1 atom stereocenters. The zero-order valence-corrected chi connectivity index (χ0v) is 18.8. The van der Waals surface area contributed by atoms with Crippen molar-refractivity contribution in [3.05, 3.63) is 77.0 Å². The molecule has 0 unspecified atom stereocenters. The fourth-order valence-electron chi connectivity index (χ4n) is 4.73. The van der Waals surface area contributed by atoms with Crippen molar-refractivity contribution in [2.45, 2.75) is 13.0 Å². The number of amides is 1. The second-order valence-corrected chi connectivity index (χ2v) is 8.48. The highest BCUT2D eigenvalue weighted by molar-refractivity contribution is 6.46. The van der Waals surface area contributed by atoms with Gasteiger partial charge in [0.25, 0.3) is 11.7 Å². The van der Waals surface area contributed by atoms with Gasteiger partial charge in [0, 0.05) is 32.4 Å². The molecule has 1 N–H and O–H groups in total. The average molecular weight is 464 g/mol. The number of aromatic nitrogens is 2. The van der Waals surface area contributed by atoms with Gasteiger partial charge in [-0.3, -0.25) is 18.9 Å². The van der Waals surface area contributed by atoms with Crippen LogP contribution >= 0.6 is 0 Å². The Balaban J connectivity index is 1.61. The Morgan fingerprint density at radius 3 is 2.71 bits per heavy atom. The molecule has 0 aliphatic carbocycles. The van der Waals surface area contributed by atoms with Gasteiger partial charge in [-0.1, -0.05) is 18.2 Å². The quantitative estimate of drug-likeness (QED) is 0.355. The maximum atomic E-state index is 14.2. The highest BCUT2D eigenvalue weighted by atomic mass is 19.1. The molecule has 5 rings (SSSR count). The molecule has 1 amide bonds. The number of carbonyl (C=O) groups excluding carboxylic acids is 2. The van der Waals surface area contributed by atoms with Crippen LogP contribution in [-0.4, -0.2) is 75.4 Å². The minimum absolute atomic E-state index is 0.0636. The highest BCUT2D eigenvalue weighted by Crippen LogP contribution is 2.40. The molecule has 0 saturated carbocycles. The van der Waals surface area contributed by atoms with E-state index >= 15 is 0 Å². The molecule has 1 aromatic carbocycles. The first-order chi connectivity index (χ1) is 16.5. The van der Waals surface area contributed by atoms with Crippen LogP contribution in [0.2, 0.25) is 0 Å². The Morgan fingerprint density at radius 1 is 1.15 bits per heavy atom. The van der Waals surface area contributed by atoms with E-state index in [0.29, 0.717) is 42.4 Å². The van der Waals surface area contributed by atoms with E-state index in [1.54, 1.807) is 35.7 Å². The van der Waals surface area contributed by atoms with Crippen LogP contribution in [0.1, 0.15) is 23.0 Å². The van der Waals surface area contributed by atoms with E-state index in [2.05, 4.69) is 9.88 Å². The number of morpholine rings is 1. The van der Waals surface area contributed by atoms with E-state index in [9.17, 15) is 19.1 Å². The van der Waals surface area contributed by atoms with Crippen LogP contribution in [0.4, 0.5) is 4.39 Å². The van der Waals surface area contributed by atoms with Gasteiger partial charge in [0.1, 0.15) is 17.2 Å². The Morgan fingerprint density at radius 2 is 1.94 bits per heavy atom. The van der Waals surface area contributed by atoms with Crippen LogP contribution in [0.3, 0.4) is 0 Å². The normalized spacial score (nSPS) is 21.0. The third-order valence-corrected chi connectivity index (χ3v) is 6.39. The van der Waals surface area contributed by atoms with Crippen molar-refractivity contribution < 1.29 is 23.8 Å². The monoisotopic (exact) mass is 464 g/mol. The molecule has 2 saturated heterocycles. The Kier molecular flexibility index (Phi) is 5.89. The first kappa shape index (κ1) is 22.2. The van der Waals surface area contributed by atoms with Crippen molar-refractivity contribution in [2.24, 2.45) is 0 Å². The van der Waals surface area contributed by atoms with E-state index in [1.807, 2.05) is 6.07 Å². The Labute approximate surface area is 195 Å². The lowest BCUT2D eigenvalue weighted by atomic mass is 9.96. The minimum atomic E-state index is -0.912. The lowest BCUT2D eigenvalue weighted by Crippen LogP contribution is -2.42. The third kappa shape index (κ3) is 3.86. The number of ether oxygens (including phenoxy) is 1. The molecule has 34 heavy (non-hydrogen) atoms. The molecule has 0 bridgehead atoms. The molecule has 8 nitrogen and oxygen atoms in total. The second kappa shape index (κ2) is 9.00. The van der Waals surface area contributed by atoms with Crippen molar-refractivity contribution in [3.8, 4) is 0 Å². The van der Waals surface area contributed by atoms with Gasteiger partial charge in [-0.05, 0) is 36.8 Å². The number of halogens is 1. The summed E-state index contributed by atoms with van der Waals surface area (Å²) in [5.41, 5.74) is 1.82. The van der Waals surface area contributed by atoms with Gasteiger partial charge in [0.05, 0.1) is 30.5 Å². The maximum absolute atomic E-state index is 14.2. The summed E-state index contributed by atoms with van der Waals surface area (Å²) in [6.07, 6.45) is 1.73. The van der Waals surface area contributed by atoms with Gasteiger partial charge < -0.3 is 14.7 Å². The van der Waals surface area contributed by atoms with Gasteiger partial charge >= 0.3 is 0 Å². The van der Waals surface area contributed by atoms with Crippen molar-refractivity contribution in [1.29, 1.82) is 0 Å². The van der Waals surface area contributed by atoms with E-state index in [-0.39, 0.29) is 17.9 Å². The molecule has 2 aliphatic heterocycles. The summed E-state index contributed by atoms with van der Waals surface area (Å²) in [4.78, 5) is 34.4. The molecule has 3 aromatic rings. The number of hydrogen-bond acceptors (Lipinski definition) is 6. The number of Topliss-reactive ketones (excluding diaryl/α,β-unsaturated/α-hetero) is 1. The predicted molar refractivity (Wildman–Crippen MR) is 123 cm³/mol. The number of pyridine rings is 1. The van der Waals surface area contributed by atoms with Crippen LogP contribution < -0.4 is 0 Å². The molecular weight excluding hydrogens is 439 g/mol. The average Bonchev–Trinajstić information content (AvgIpc) is 3.31. The van der Waals surface area contributed by atoms with E-state index in [1.165, 1.54) is 23.1 Å². The van der Waals surface area contributed by atoms with Gasteiger partial charge in [0.15, 0.2) is 5.76 Å². The Bertz CT molecular complexity index is 1300. The topological polar surface area (TPSA) is 87.4 Å². The molecule has 9 heteroatoms. The van der Waals surface area contributed by atoms with Crippen LogP contribution in [-0.2, 0) is 14.3 Å². The summed E-state index contributed by atoms with van der Waals surface area (Å²) in [7, 11) is 0. The van der Waals surface area contributed by atoms with Gasteiger partial charge in [-0.15, -0.1) is 0 Å². The molecule has 2 aliphatic rings. The van der Waals surface area contributed by atoms with Gasteiger partial charge in [0.2, 0.25) is 0 Å². The summed E-state index contributed by atoms with van der Waals surface area (Å²) < 4.78 is 21.2. The first-order valence-electron chi connectivity index (χ1n) is 11.2. The number of aliphatic hydroxyl groups excluding tert-OH is 1. The first-order valence-corrected chi connectivity index (χ1v) is 11.2. The van der Waals surface area contributed by atoms with E-state index in [4.69, 9.17) is 4.74 Å². The fourth-order valence-corrected chi connectivity index (χ4v) is 4.73. The Hall–Kier alpha value is -3.56. The summed E-state index contributed by atoms with van der Waals surface area (Å²) >= 11 is 0. The number of benzene rings is 1. The number of ketones is 1. The third-order valence-electron chi connectivity index (χ3n) is 6.39. The molecule has 176 valence electrons. The molecular formula is C25H25FN4O4. The molecule has 0 spiro atoms. The van der Waals surface area contributed by atoms with Crippen LogP contribution in [0.15, 0.2) is 54.2 Å². The van der Waals surface area contributed by atoms with Crippen LogP contribution in [0.5, 0.6) is 0 Å². The lowest BCUT2D eigenvalue weighted by Gasteiger charge is -2.31. The number of fused-ring (bicyclic) bond motifs is 1. The summed E-state index contributed by atoms with van der Waals surface area (Å²) in [5.74, 6) is -2.31. The van der Waals surface area contributed by atoms with Crippen molar-refractivity contribution >= 4 is 23.1 Å². The predicted octanol–water partition coefficient (Wildman–Crippen LogP) is 2.54. The van der Waals surface area contributed by atoms with Crippen molar-refractivity contribution in [3.63, 3.8) is 0 Å². The summed E-state index contributed by atoms with van der Waals surface area (Å²) in [5, 5.41) is 11.4. The number of hydrogen-bond donors (Lipinski definition) is 1. The SMILES string of the molecule is Cc1nc2ccccn2c1C(O)=C1C(=O)C(=O)N(CCN2CCOCC2)[C@H]1c1cccc(F)c1. The number of aliphatic hydroxyl groups is 1.